The molecule has 2 saturated heterocycles. The van der Waals surface area contributed by atoms with Gasteiger partial charge in [-0.05, 0) is 60.7 Å². The summed E-state index contributed by atoms with van der Waals surface area (Å²) in [5, 5.41) is 19.1. The summed E-state index contributed by atoms with van der Waals surface area (Å²) >= 11 is 14.4. The molecule has 4 aliphatic rings. The van der Waals surface area contributed by atoms with E-state index in [4.69, 9.17) is 28.3 Å². The third-order valence-electron chi connectivity index (χ3n) is 8.76. The molecular formula is C29H23Cl2FN2O7. The average molecular weight is 601 g/mol. The Labute approximate surface area is 243 Å². The number of amides is 4. The Balaban J connectivity index is 1.50. The van der Waals surface area contributed by atoms with Gasteiger partial charge in [-0.2, -0.15) is 0 Å². The maximum absolute atomic E-state index is 14.2. The van der Waals surface area contributed by atoms with Gasteiger partial charge < -0.3 is 10.2 Å². The molecule has 0 spiro atoms. The SMILES string of the molecule is O=C(O)CCN1C(=O)[C@H]2[C@H](CC=C3[C@H]2C[C@@]2(Cl)C(=O)N(c4ccc(F)cc4)C(=O)[C@@]2(Cl)[C@H]3c2ccc(O)cc2)C1=O. The van der Waals surface area contributed by atoms with E-state index >= 15 is 0 Å². The number of fused-ring (bicyclic) bond motifs is 4. The second-order valence-electron chi connectivity index (χ2n) is 10.8. The van der Waals surface area contributed by atoms with Crippen molar-refractivity contribution in [2.75, 3.05) is 11.4 Å². The number of allylic oxidation sites excluding steroid dienone is 2. The lowest BCUT2D eigenvalue weighted by Gasteiger charge is -2.50. The van der Waals surface area contributed by atoms with Crippen LogP contribution in [-0.2, 0) is 24.0 Å². The van der Waals surface area contributed by atoms with Crippen molar-refractivity contribution in [3.05, 3.63) is 71.6 Å². The van der Waals surface area contributed by atoms with Crippen LogP contribution in [0.15, 0.2) is 60.2 Å². The van der Waals surface area contributed by atoms with Crippen LogP contribution in [0.3, 0.4) is 0 Å². The summed E-state index contributed by atoms with van der Waals surface area (Å²) < 4.78 is 13.7. The van der Waals surface area contributed by atoms with Crippen molar-refractivity contribution in [3.63, 3.8) is 0 Å². The Hall–Kier alpha value is -3.76. The number of nitrogens with zero attached hydrogens (tertiary/aromatic N) is 2. The van der Waals surface area contributed by atoms with Crippen molar-refractivity contribution in [1.82, 2.24) is 4.90 Å². The molecule has 0 unspecified atom stereocenters. The van der Waals surface area contributed by atoms with Crippen LogP contribution in [0.2, 0.25) is 0 Å². The Morgan fingerprint density at radius 2 is 1.61 bits per heavy atom. The molecule has 212 valence electrons. The molecule has 2 N–H and O–H groups in total. The van der Waals surface area contributed by atoms with Gasteiger partial charge in [-0.3, -0.25) is 28.9 Å². The molecule has 2 aliphatic carbocycles. The molecule has 6 atom stereocenters. The number of likely N-dealkylation sites (tertiary alicyclic amines) is 1. The van der Waals surface area contributed by atoms with Gasteiger partial charge in [0.05, 0.1) is 23.9 Å². The number of aromatic hydroxyl groups is 1. The van der Waals surface area contributed by atoms with Crippen LogP contribution in [0.25, 0.3) is 0 Å². The van der Waals surface area contributed by atoms with Gasteiger partial charge >= 0.3 is 5.97 Å². The largest absolute Gasteiger partial charge is 0.508 e. The Morgan fingerprint density at radius 3 is 2.24 bits per heavy atom. The lowest BCUT2D eigenvalue weighted by Crippen LogP contribution is -2.60. The number of carboxylic acids is 1. The first kappa shape index (κ1) is 27.4. The topological polar surface area (TPSA) is 132 Å². The quantitative estimate of drug-likeness (QED) is 0.304. The molecule has 3 fully saturated rings. The Morgan fingerprint density at radius 1 is 0.951 bits per heavy atom. The van der Waals surface area contributed by atoms with Crippen molar-refractivity contribution in [2.45, 2.75) is 34.9 Å². The van der Waals surface area contributed by atoms with Gasteiger partial charge in [0.15, 0.2) is 9.75 Å². The standard InChI is InChI=1S/C29H23Cl2FN2O7/c30-28-13-20-18(9-10-19-22(20)25(39)33(24(19)38)12-11-21(36)37)23(14-1-7-17(35)8-2-14)29(28,31)27(41)34(26(28)40)16-5-3-15(32)4-6-16/h1-9,19-20,22-23,35H,10-13H2,(H,36,37)/t19-,20+,22-,23-,28+,29-/m0/s1. The van der Waals surface area contributed by atoms with Gasteiger partial charge in [0.1, 0.15) is 11.6 Å². The minimum absolute atomic E-state index is 0.0491. The smallest absolute Gasteiger partial charge is 0.305 e. The number of hydrogen-bond acceptors (Lipinski definition) is 6. The van der Waals surface area contributed by atoms with Crippen molar-refractivity contribution in [2.24, 2.45) is 17.8 Å². The molecule has 0 bridgehead atoms. The second-order valence-corrected chi connectivity index (χ2v) is 12.1. The van der Waals surface area contributed by atoms with E-state index in [1.54, 1.807) is 18.2 Å². The molecule has 6 rings (SSSR count). The highest BCUT2D eigenvalue weighted by Crippen LogP contribution is 2.65. The maximum atomic E-state index is 14.2. The van der Waals surface area contributed by atoms with Crippen LogP contribution in [0, 0.1) is 23.6 Å². The summed E-state index contributed by atoms with van der Waals surface area (Å²) in [7, 11) is 0. The number of aliphatic carboxylic acids is 1. The van der Waals surface area contributed by atoms with Crippen molar-refractivity contribution < 1.29 is 38.6 Å². The van der Waals surface area contributed by atoms with E-state index in [0.717, 1.165) is 21.9 Å². The summed E-state index contributed by atoms with van der Waals surface area (Å²) in [4.78, 5) is 63.9. The number of halogens is 3. The number of carbonyl (C=O) groups excluding carboxylic acids is 4. The molecule has 41 heavy (non-hydrogen) atoms. The average Bonchev–Trinajstić information content (AvgIpc) is 3.26. The van der Waals surface area contributed by atoms with E-state index in [1.807, 2.05) is 0 Å². The molecule has 4 amide bonds. The molecule has 1 saturated carbocycles. The van der Waals surface area contributed by atoms with Crippen LogP contribution in [-0.4, -0.2) is 61.0 Å². The van der Waals surface area contributed by atoms with Crippen LogP contribution in [0.1, 0.15) is 30.7 Å². The first-order valence-corrected chi connectivity index (χ1v) is 13.7. The molecule has 0 radical (unpaired) electrons. The fourth-order valence-corrected chi connectivity index (χ4v) is 7.87. The zero-order valence-electron chi connectivity index (χ0n) is 21.3. The number of carboxylic acid groups (broad SMARTS) is 1. The third kappa shape index (κ3) is 3.76. The van der Waals surface area contributed by atoms with Gasteiger partial charge in [0, 0.05) is 12.5 Å². The second kappa shape index (κ2) is 9.39. The molecule has 2 heterocycles. The molecule has 0 aromatic heterocycles. The molecule has 2 aromatic rings. The first-order chi connectivity index (χ1) is 19.4. The zero-order chi connectivity index (χ0) is 29.4. The van der Waals surface area contributed by atoms with Crippen LogP contribution in [0.5, 0.6) is 5.75 Å². The lowest BCUT2D eigenvalue weighted by molar-refractivity contribution is -0.142. The summed E-state index contributed by atoms with van der Waals surface area (Å²) in [6.45, 7) is -0.287. The fourth-order valence-electron chi connectivity index (χ4n) is 6.93. The molecule has 12 heteroatoms. The normalized spacial score (nSPS) is 32.5. The van der Waals surface area contributed by atoms with Crippen molar-refractivity contribution in [3.8, 4) is 5.75 Å². The number of carbonyl (C=O) groups is 5. The van der Waals surface area contributed by atoms with Gasteiger partial charge in [-0.15, -0.1) is 23.2 Å². The number of hydrogen-bond donors (Lipinski definition) is 2. The van der Waals surface area contributed by atoms with E-state index in [-0.39, 0.29) is 30.8 Å². The molecule has 2 aromatic carbocycles. The highest BCUT2D eigenvalue weighted by atomic mass is 35.5. The third-order valence-corrected chi connectivity index (χ3v) is 10.2. The van der Waals surface area contributed by atoms with Gasteiger partial charge in [-0.25, -0.2) is 9.29 Å². The van der Waals surface area contributed by atoms with Crippen LogP contribution in [0.4, 0.5) is 10.1 Å². The predicted octanol–water partition coefficient (Wildman–Crippen LogP) is 3.57. The van der Waals surface area contributed by atoms with Gasteiger partial charge in [-0.1, -0.05) is 23.8 Å². The number of alkyl halides is 2. The monoisotopic (exact) mass is 600 g/mol. The number of benzene rings is 2. The van der Waals surface area contributed by atoms with E-state index in [2.05, 4.69) is 0 Å². The van der Waals surface area contributed by atoms with Crippen LogP contribution < -0.4 is 4.90 Å². The minimum atomic E-state index is -2.07. The number of imide groups is 2. The van der Waals surface area contributed by atoms with E-state index in [0.29, 0.717) is 11.1 Å². The summed E-state index contributed by atoms with van der Waals surface area (Å²) in [5.74, 6) is -8.01. The zero-order valence-corrected chi connectivity index (χ0v) is 22.8. The maximum Gasteiger partial charge on any atom is 0.305 e. The van der Waals surface area contributed by atoms with Gasteiger partial charge in [0.2, 0.25) is 11.8 Å². The van der Waals surface area contributed by atoms with E-state index in [9.17, 15) is 33.5 Å². The lowest BCUT2D eigenvalue weighted by atomic mass is 9.56. The molecular weight excluding hydrogens is 578 g/mol. The minimum Gasteiger partial charge on any atom is -0.508 e. The predicted molar refractivity (Wildman–Crippen MR) is 144 cm³/mol. The fraction of sp³-hybridized carbons (Fsp3) is 0.345. The summed E-state index contributed by atoms with van der Waals surface area (Å²) in [6, 6.07) is 10.6. The van der Waals surface area contributed by atoms with E-state index < -0.39 is 75.3 Å². The molecule has 9 nitrogen and oxygen atoms in total. The molecule has 2 aliphatic heterocycles. The number of rotatable bonds is 5. The van der Waals surface area contributed by atoms with Crippen LogP contribution >= 0.6 is 23.2 Å². The number of phenols is 1. The highest BCUT2D eigenvalue weighted by molar-refractivity contribution is 6.58. The first-order valence-electron chi connectivity index (χ1n) is 13.0. The Kier molecular flexibility index (Phi) is 6.28. The number of anilines is 1. The highest BCUT2D eigenvalue weighted by Gasteiger charge is 2.76. The Bertz CT molecular complexity index is 1550. The van der Waals surface area contributed by atoms with E-state index in [1.165, 1.54) is 24.3 Å². The van der Waals surface area contributed by atoms with Crippen molar-refractivity contribution in [1.29, 1.82) is 0 Å². The van der Waals surface area contributed by atoms with Crippen molar-refractivity contribution >= 4 is 58.5 Å². The number of phenolic OH excluding ortho intramolecular Hbond substituents is 1. The van der Waals surface area contributed by atoms with Gasteiger partial charge in [0.25, 0.3) is 11.8 Å². The summed E-state index contributed by atoms with van der Waals surface area (Å²) in [5.41, 5.74) is 1.09. The summed E-state index contributed by atoms with van der Waals surface area (Å²) in [6.07, 6.45) is 1.25.